The summed E-state index contributed by atoms with van der Waals surface area (Å²) in [6.45, 7) is 0. The fourth-order valence-electron chi connectivity index (χ4n) is 3.68. The lowest BCUT2D eigenvalue weighted by molar-refractivity contribution is -0.139. The maximum atomic E-state index is 13.8. The first kappa shape index (κ1) is 15.9. The van der Waals surface area contributed by atoms with E-state index in [2.05, 4.69) is 5.32 Å². The molecule has 6 heteroatoms. The van der Waals surface area contributed by atoms with Crippen molar-refractivity contribution in [1.29, 1.82) is 0 Å². The average Bonchev–Trinajstić information content (AvgIpc) is 3.16. The molecule has 2 aliphatic rings. The molecule has 124 valence electrons. The molecule has 0 aliphatic heterocycles. The fourth-order valence-corrected chi connectivity index (χ4v) is 3.68. The number of nitrogens with one attached hydrogen (secondary N) is 1. The van der Waals surface area contributed by atoms with Gasteiger partial charge in [-0.1, -0.05) is 25.0 Å². The van der Waals surface area contributed by atoms with E-state index in [9.17, 15) is 18.4 Å². The maximum absolute atomic E-state index is 13.8. The number of benzene rings is 1. The summed E-state index contributed by atoms with van der Waals surface area (Å²) in [6.07, 6.45) is 3.45. The summed E-state index contributed by atoms with van der Waals surface area (Å²) in [5.41, 5.74) is -0.458. The SMILES string of the molecule is O=C(O)CC1(NC(=O)C2CC2c2cccc(F)c2F)CCCC1. The molecule has 2 aliphatic carbocycles. The largest absolute Gasteiger partial charge is 0.481 e. The molecule has 2 atom stereocenters. The number of amides is 1. The lowest BCUT2D eigenvalue weighted by Gasteiger charge is -2.28. The lowest BCUT2D eigenvalue weighted by atomic mass is 9.92. The van der Waals surface area contributed by atoms with Crippen molar-refractivity contribution >= 4 is 11.9 Å². The Morgan fingerprint density at radius 3 is 2.61 bits per heavy atom. The van der Waals surface area contributed by atoms with Crippen molar-refractivity contribution in [1.82, 2.24) is 5.32 Å². The van der Waals surface area contributed by atoms with Gasteiger partial charge in [-0.25, -0.2) is 8.78 Å². The van der Waals surface area contributed by atoms with Crippen LogP contribution in [-0.2, 0) is 9.59 Å². The second-order valence-corrected chi connectivity index (χ2v) is 6.64. The third-order valence-corrected chi connectivity index (χ3v) is 4.95. The van der Waals surface area contributed by atoms with Crippen molar-refractivity contribution < 1.29 is 23.5 Å². The number of hydrogen-bond acceptors (Lipinski definition) is 2. The molecule has 4 nitrogen and oxygen atoms in total. The zero-order valence-electron chi connectivity index (χ0n) is 12.6. The molecular weight excluding hydrogens is 304 g/mol. The molecule has 2 unspecified atom stereocenters. The van der Waals surface area contributed by atoms with Gasteiger partial charge in [-0.05, 0) is 36.8 Å². The lowest BCUT2D eigenvalue weighted by Crippen LogP contribution is -2.48. The Bertz CT molecular complexity index is 641. The Morgan fingerprint density at radius 1 is 1.26 bits per heavy atom. The van der Waals surface area contributed by atoms with Gasteiger partial charge in [-0.2, -0.15) is 0 Å². The highest BCUT2D eigenvalue weighted by atomic mass is 19.2. The van der Waals surface area contributed by atoms with Crippen molar-refractivity contribution in [3.63, 3.8) is 0 Å². The zero-order chi connectivity index (χ0) is 16.6. The predicted molar refractivity (Wildman–Crippen MR) is 78.8 cm³/mol. The zero-order valence-corrected chi connectivity index (χ0v) is 12.6. The molecule has 23 heavy (non-hydrogen) atoms. The molecular formula is C17H19F2NO3. The molecule has 0 saturated heterocycles. The Morgan fingerprint density at radius 2 is 1.96 bits per heavy atom. The molecule has 3 rings (SSSR count). The molecule has 0 radical (unpaired) electrons. The molecule has 1 aromatic carbocycles. The molecule has 0 heterocycles. The third-order valence-electron chi connectivity index (χ3n) is 4.95. The Hall–Kier alpha value is -1.98. The van der Waals surface area contributed by atoms with Crippen LogP contribution in [0.2, 0.25) is 0 Å². The molecule has 1 aromatic rings. The molecule has 2 saturated carbocycles. The van der Waals surface area contributed by atoms with Crippen LogP contribution in [0.4, 0.5) is 8.78 Å². The Kier molecular flexibility index (Phi) is 4.08. The smallest absolute Gasteiger partial charge is 0.305 e. The molecule has 2 fully saturated rings. The molecule has 0 bridgehead atoms. The van der Waals surface area contributed by atoms with Gasteiger partial charge in [0, 0.05) is 5.92 Å². The number of hydrogen-bond donors (Lipinski definition) is 2. The number of carbonyl (C=O) groups excluding carboxylic acids is 1. The van der Waals surface area contributed by atoms with Crippen LogP contribution >= 0.6 is 0 Å². The highest BCUT2D eigenvalue weighted by Gasteiger charge is 2.48. The highest BCUT2D eigenvalue weighted by molar-refractivity contribution is 5.84. The van der Waals surface area contributed by atoms with E-state index < -0.39 is 29.1 Å². The van der Waals surface area contributed by atoms with Gasteiger partial charge < -0.3 is 10.4 Å². The van der Waals surface area contributed by atoms with E-state index in [-0.39, 0.29) is 23.8 Å². The number of halogens is 2. The molecule has 0 aromatic heterocycles. The van der Waals surface area contributed by atoms with Crippen molar-refractivity contribution in [2.75, 3.05) is 0 Å². The maximum Gasteiger partial charge on any atom is 0.305 e. The van der Waals surface area contributed by atoms with Gasteiger partial charge in [-0.15, -0.1) is 0 Å². The van der Waals surface area contributed by atoms with Gasteiger partial charge in [0.1, 0.15) is 0 Å². The van der Waals surface area contributed by atoms with E-state index in [0.29, 0.717) is 19.3 Å². The van der Waals surface area contributed by atoms with Crippen LogP contribution in [0.5, 0.6) is 0 Å². The molecule has 1 amide bonds. The summed E-state index contributed by atoms with van der Waals surface area (Å²) < 4.78 is 27.1. The number of carbonyl (C=O) groups is 2. The van der Waals surface area contributed by atoms with E-state index in [4.69, 9.17) is 5.11 Å². The van der Waals surface area contributed by atoms with Crippen LogP contribution in [0, 0.1) is 17.6 Å². The number of carboxylic acids is 1. The van der Waals surface area contributed by atoms with E-state index in [1.807, 2.05) is 0 Å². The molecule has 2 N–H and O–H groups in total. The van der Waals surface area contributed by atoms with Gasteiger partial charge in [0.15, 0.2) is 11.6 Å². The summed E-state index contributed by atoms with van der Waals surface area (Å²) >= 11 is 0. The number of rotatable bonds is 5. The van der Waals surface area contributed by atoms with E-state index in [1.54, 1.807) is 0 Å². The van der Waals surface area contributed by atoms with Gasteiger partial charge in [0.2, 0.25) is 5.91 Å². The summed E-state index contributed by atoms with van der Waals surface area (Å²) in [4.78, 5) is 23.5. The fraction of sp³-hybridized carbons (Fsp3) is 0.529. The van der Waals surface area contributed by atoms with Gasteiger partial charge in [0.05, 0.1) is 12.0 Å². The predicted octanol–water partition coefficient (Wildman–Crippen LogP) is 2.97. The Balaban J connectivity index is 1.68. The summed E-state index contributed by atoms with van der Waals surface area (Å²) in [6, 6.07) is 3.99. The first-order chi connectivity index (χ1) is 10.9. The van der Waals surface area contributed by atoms with Crippen molar-refractivity contribution in [3.05, 3.63) is 35.4 Å². The van der Waals surface area contributed by atoms with Gasteiger partial charge in [-0.3, -0.25) is 9.59 Å². The van der Waals surface area contributed by atoms with Crippen LogP contribution in [0.1, 0.15) is 50.0 Å². The van der Waals surface area contributed by atoms with Crippen LogP contribution < -0.4 is 5.32 Å². The third kappa shape index (κ3) is 3.21. The van der Waals surface area contributed by atoms with Crippen LogP contribution in [0.25, 0.3) is 0 Å². The first-order valence-electron chi connectivity index (χ1n) is 7.90. The average molecular weight is 323 g/mol. The van der Waals surface area contributed by atoms with Crippen molar-refractivity contribution in [2.24, 2.45) is 5.92 Å². The minimum atomic E-state index is -0.935. The van der Waals surface area contributed by atoms with Crippen molar-refractivity contribution in [3.8, 4) is 0 Å². The monoisotopic (exact) mass is 323 g/mol. The summed E-state index contributed by atoms with van der Waals surface area (Å²) in [5, 5.41) is 11.9. The Labute approximate surface area is 132 Å². The van der Waals surface area contributed by atoms with Gasteiger partial charge in [0.25, 0.3) is 0 Å². The highest BCUT2D eigenvalue weighted by Crippen LogP contribution is 2.49. The van der Waals surface area contributed by atoms with E-state index >= 15 is 0 Å². The summed E-state index contributed by atoms with van der Waals surface area (Å²) in [7, 11) is 0. The second kappa shape index (κ2) is 5.91. The minimum Gasteiger partial charge on any atom is -0.481 e. The molecule has 0 spiro atoms. The quantitative estimate of drug-likeness (QED) is 0.875. The first-order valence-corrected chi connectivity index (χ1v) is 7.90. The topological polar surface area (TPSA) is 66.4 Å². The van der Waals surface area contributed by atoms with E-state index in [0.717, 1.165) is 18.9 Å². The van der Waals surface area contributed by atoms with Gasteiger partial charge >= 0.3 is 5.97 Å². The number of carboxylic acid groups (broad SMARTS) is 1. The van der Waals surface area contributed by atoms with Crippen LogP contribution in [0.15, 0.2) is 18.2 Å². The van der Waals surface area contributed by atoms with Crippen LogP contribution in [0.3, 0.4) is 0 Å². The van der Waals surface area contributed by atoms with E-state index in [1.165, 1.54) is 12.1 Å². The second-order valence-electron chi connectivity index (χ2n) is 6.64. The summed E-state index contributed by atoms with van der Waals surface area (Å²) in [5.74, 6) is -3.72. The normalized spacial score (nSPS) is 25.1. The standard InChI is InChI=1S/C17H19F2NO3/c18-13-5-3-4-10(15(13)19)11-8-12(11)16(23)20-17(9-14(21)22)6-1-2-7-17/h3-5,11-12H,1-2,6-9H2,(H,20,23)(H,21,22). The van der Waals surface area contributed by atoms with Crippen LogP contribution in [-0.4, -0.2) is 22.5 Å². The minimum absolute atomic E-state index is 0.0928. The van der Waals surface area contributed by atoms with Crippen molar-refractivity contribution in [2.45, 2.75) is 50.0 Å². The number of aliphatic carboxylic acids is 1.